The van der Waals surface area contributed by atoms with Crippen LogP contribution in [0.15, 0.2) is 0 Å². The van der Waals surface area contributed by atoms with Crippen LogP contribution in [-0.4, -0.2) is 8.11 Å². The SMILES string of the molecule is CC(C)(C)[Si](Cl)C(C)(C)C. The Hall–Kier alpha value is 0.507. The van der Waals surface area contributed by atoms with Crippen molar-refractivity contribution in [2.45, 2.75) is 51.6 Å². The molecule has 0 aliphatic carbocycles. The van der Waals surface area contributed by atoms with Crippen LogP contribution >= 0.6 is 11.1 Å². The Bertz CT molecular complexity index is 93.4. The first-order chi connectivity index (χ1) is 4.15. The van der Waals surface area contributed by atoms with Gasteiger partial charge in [0.2, 0.25) is 0 Å². The van der Waals surface area contributed by atoms with E-state index in [0.29, 0.717) is 10.1 Å². The Morgan fingerprint density at radius 1 is 0.800 bits per heavy atom. The van der Waals surface area contributed by atoms with Gasteiger partial charge in [-0.3, -0.25) is 0 Å². The first kappa shape index (κ1) is 10.5. The van der Waals surface area contributed by atoms with Crippen molar-refractivity contribution in [3.05, 3.63) is 0 Å². The Morgan fingerprint density at radius 3 is 1.00 bits per heavy atom. The largest absolute Gasteiger partial charge is 0.176 e. The van der Waals surface area contributed by atoms with Gasteiger partial charge in [0.1, 0.15) is 0 Å². The van der Waals surface area contributed by atoms with E-state index < -0.39 is 8.11 Å². The molecule has 0 spiro atoms. The second kappa shape index (κ2) is 2.86. The number of rotatable bonds is 0. The second-order valence-electron chi connectivity index (χ2n) is 4.81. The summed E-state index contributed by atoms with van der Waals surface area (Å²) in [7, 11) is -0.748. The molecule has 2 heteroatoms. The minimum absolute atomic E-state index is 0.310. The summed E-state index contributed by atoms with van der Waals surface area (Å²) in [5.41, 5.74) is 0. The molecule has 0 saturated heterocycles. The van der Waals surface area contributed by atoms with Crippen molar-refractivity contribution < 1.29 is 0 Å². The maximum Gasteiger partial charge on any atom is 0.176 e. The smallest absolute Gasteiger partial charge is 0.168 e. The van der Waals surface area contributed by atoms with Gasteiger partial charge in [0.05, 0.1) is 0 Å². The zero-order valence-electron chi connectivity index (χ0n) is 7.88. The fraction of sp³-hybridized carbons (Fsp3) is 1.00. The fourth-order valence-corrected chi connectivity index (χ4v) is 3.38. The zero-order valence-corrected chi connectivity index (χ0v) is 9.63. The molecule has 0 aliphatic heterocycles. The van der Waals surface area contributed by atoms with Crippen LogP contribution in [0.1, 0.15) is 41.5 Å². The Labute approximate surface area is 71.3 Å². The summed E-state index contributed by atoms with van der Waals surface area (Å²) >= 11 is 6.33. The fourth-order valence-electron chi connectivity index (χ4n) is 1.12. The van der Waals surface area contributed by atoms with Crippen molar-refractivity contribution in [1.82, 2.24) is 0 Å². The minimum Gasteiger partial charge on any atom is -0.168 e. The molecule has 0 aliphatic rings. The van der Waals surface area contributed by atoms with E-state index in [4.69, 9.17) is 11.1 Å². The number of hydrogen-bond acceptors (Lipinski definition) is 0. The van der Waals surface area contributed by atoms with Crippen LogP contribution in [-0.2, 0) is 0 Å². The van der Waals surface area contributed by atoms with Gasteiger partial charge in [-0.15, -0.1) is 0 Å². The molecule has 0 atom stereocenters. The molecule has 1 radical (unpaired) electrons. The molecular formula is C8H18ClSi. The standard InChI is InChI=1S/C8H18ClSi/c1-7(2,3)10(9)8(4,5)6/h1-6H3. The molecule has 61 valence electrons. The molecular weight excluding hydrogens is 160 g/mol. The molecule has 0 nitrogen and oxygen atoms in total. The zero-order chi connectivity index (χ0) is 8.58. The highest BCUT2D eigenvalue weighted by atomic mass is 35.6. The van der Waals surface area contributed by atoms with Gasteiger partial charge in [-0.1, -0.05) is 41.5 Å². The molecule has 0 amide bonds. The van der Waals surface area contributed by atoms with Crippen LogP contribution in [0.4, 0.5) is 0 Å². The molecule has 0 unspecified atom stereocenters. The molecule has 0 aromatic rings. The average molecular weight is 178 g/mol. The number of halogens is 1. The number of hydrogen-bond donors (Lipinski definition) is 0. The van der Waals surface area contributed by atoms with Gasteiger partial charge in [0.15, 0.2) is 8.11 Å². The van der Waals surface area contributed by atoms with Gasteiger partial charge in [0, 0.05) is 0 Å². The van der Waals surface area contributed by atoms with Gasteiger partial charge in [-0.2, -0.15) is 11.1 Å². The molecule has 10 heavy (non-hydrogen) atoms. The summed E-state index contributed by atoms with van der Waals surface area (Å²) in [6.07, 6.45) is 0. The van der Waals surface area contributed by atoms with Crippen LogP contribution in [0.3, 0.4) is 0 Å². The first-order valence-electron chi connectivity index (χ1n) is 3.69. The topological polar surface area (TPSA) is 0 Å². The molecule has 0 aromatic carbocycles. The van der Waals surface area contributed by atoms with Gasteiger partial charge in [-0.05, 0) is 10.1 Å². The highest BCUT2D eigenvalue weighted by molar-refractivity contribution is 7.10. The summed E-state index contributed by atoms with van der Waals surface area (Å²) in [6.45, 7) is 13.3. The van der Waals surface area contributed by atoms with E-state index in [2.05, 4.69) is 41.5 Å². The molecule has 0 aromatic heterocycles. The summed E-state index contributed by atoms with van der Waals surface area (Å²) in [5, 5.41) is 0.620. The van der Waals surface area contributed by atoms with Crippen LogP contribution in [0.2, 0.25) is 10.1 Å². The molecule has 0 bridgehead atoms. The van der Waals surface area contributed by atoms with Gasteiger partial charge < -0.3 is 0 Å². The van der Waals surface area contributed by atoms with E-state index in [1.165, 1.54) is 0 Å². The average Bonchev–Trinajstić information content (AvgIpc) is 1.59. The molecule has 0 heterocycles. The predicted octanol–water partition coefficient (Wildman–Crippen LogP) is 3.82. The van der Waals surface area contributed by atoms with Gasteiger partial charge in [-0.25, -0.2) is 0 Å². The lowest BCUT2D eigenvalue weighted by Gasteiger charge is -2.33. The van der Waals surface area contributed by atoms with Crippen molar-refractivity contribution in [3.63, 3.8) is 0 Å². The van der Waals surface area contributed by atoms with Crippen molar-refractivity contribution in [2.24, 2.45) is 0 Å². The van der Waals surface area contributed by atoms with Gasteiger partial charge >= 0.3 is 0 Å². The monoisotopic (exact) mass is 177 g/mol. The Balaban J connectivity index is 4.23. The van der Waals surface area contributed by atoms with Crippen molar-refractivity contribution in [1.29, 1.82) is 0 Å². The van der Waals surface area contributed by atoms with Crippen LogP contribution < -0.4 is 0 Å². The maximum absolute atomic E-state index is 6.33. The summed E-state index contributed by atoms with van der Waals surface area (Å²) in [5.74, 6) is 0. The van der Waals surface area contributed by atoms with Crippen molar-refractivity contribution in [2.75, 3.05) is 0 Å². The van der Waals surface area contributed by atoms with Crippen molar-refractivity contribution in [3.8, 4) is 0 Å². The molecule has 0 rings (SSSR count). The van der Waals surface area contributed by atoms with E-state index in [-0.39, 0.29) is 0 Å². The van der Waals surface area contributed by atoms with E-state index in [1.807, 2.05) is 0 Å². The third-order valence-corrected chi connectivity index (χ3v) is 7.35. The van der Waals surface area contributed by atoms with Gasteiger partial charge in [0.25, 0.3) is 0 Å². The lowest BCUT2D eigenvalue weighted by molar-refractivity contribution is 0.660. The van der Waals surface area contributed by atoms with E-state index in [9.17, 15) is 0 Å². The molecule has 0 fully saturated rings. The lowest BCUT2D eigenvalue weighted by atomic mass is 10.2. The third kappa shape index (κ3) is 3.06. The van der Waals surface area contributed by atoms with E-state index in [1.54, 1.807) is 0 Å². The van der Waals surface area contributed by atoms with Crippen LogP contribution in [0.25, 0.3) is 0 Å². The second-order valence-corrected chi connectivity index (χ2v) is 9.58. The first-order valence-corrected chi connectivity index (χ1v) is 6.20. The quantitative estimate of drug-likeness (QED) is 0.390. The maximum atomic E-state index is 6.33. The normalized spacial score (nSPS) is 14.4. The Kier molecular flexibility index (Phi) is 3.01. The van der Waals surface area contributed by atoms with Crippen molar-refractivity contribution >= 4 is 19.2 Å². The van der Waals surface area contributed by atoms with E-state index in [0.717, 1.165) is 0 Å². The molecule has 0 saturated carbocycles. The third-order valence-electron chi connectivity index (χ3n) is 1.32. The predicted molar refractivity (Wildman–Crippen MR) is 51.0 cm³/mol. The van der Waals surface area contributed by atoms with Crippen LogP contribution in [0, 0.1) is 0 Å². The Morgan fingerprint density at radius 2 is 1.00 bits per heavy atom. The molecule has 0 N–H and O–H groups in total. The summed E-state index contributed by atoms with van der Waals surface area (Å²) in [6, 6.07) is 0. The van der Waals surface area contributed by atoms with Crippen LogP contribution in [0.5, 0.6) is 0 Å². The highest BCUT2D eigenvalue weighted by Crippen LogP contribution is 2.43. The van der Waals surface area contributed by atoms with E-state index >= 15 is 0 Å². The summed E-state index contributed by atoms with van der Waals surface area (Å²) in [4.78, 5) is 0. The lowest BCUT2D eigenvalue weighted by Crippen LogP contribution is -2.29. The highest BCUT2D eigenvalue weighted by Gasteiger charge is 2.35. The summed E-state index contributed by atoms with van der Waals surface area (Å²) < 4.78 is 0. The minimum atomic E-state index is -0.748.